The zero-order valence-corrected chi connectivity index (χ0v) is 21.7. The predicted molar refractivity (Wildman–Crippen MR) is 141 cm³/mol. The molecule has 1 amide bonds. The van der Waals surface area contributed by atoms with E-state index in [2.05, 4.69) is 19.9 Å². The van der Waals surface area contributed by atoms with E-state index in [-0.39, 0.29) is 30.2 Å². The second kappa shape index (κ2) is 9.84. The quantitative estimate of drug-likeness (QED) is 0.381. The van der Waals surface area contributed by atoms with Crippen LogP contribution in [-0.2, 0) is 6.54 Å². The van der Waals surface area contributed by atoms with Gasteiger partial charge in [-0.15, -0.1) is 11.8 Å². The van der Waals surface area contributed by atoms with Crippen molar-refractivity contribution < 1.29 is 18.7 Å². The molecule has 3 atom stereocenters. The maximum absolute atomic E-state index is 15.4. The number of pyridine rings is 1. The largest absolute Gasteiger partial charge is 0.488 e. The number of primary amides is 1. The molecule has 3 aromatic heterocycles. The second-order valence-corrected chi connectivity index (χ2v) is 10.6. The Balaban J connectivity index is 1.35. The van der Waals surface area contributed by atoms with E-state index < -0.39 is 5.91 Å². The molecule has 0 radical (unpaired) electrons. The number of thioether (sulfide) groups is 1. The highest BCUT2D eigenvalue weighted by Gasteiger charge is 2.36. The molecule has 3 aliphatic rings. The third-order valence-corrected chi connectivity index (χ3v) is 8.38. The van der Waals surface area contributed by atoms with E-state index in [1.807, 2.05) is 24.8 Å². The van der Waals surface area contributed by atoms with E-state index in [1.54, 1.807) is 16.7 Å². The summed E-state index contributed by atoms with van der Waals surface area (Å²) in [4.78, 5) is 31.6. The highest BCUT2D eigenvalue weighted by atomic mass is 32.2. The fourth-order valence-electron chi connectivity index (χ4n) is 4.90. The van der Waals surface area contributed by atoms with Gasteiger partial charge in [0.1, 0.15) is 34.7 Å². The van der Waals surface area contributed by atoms with Gasteiger partial charge in [-0.25, -0.2) is 9.37 Å². The molecule has 12 heteroatoms. The molecule has 2 bridgehead atoms. The number of benzene rings is 1. The Hall–Kier alpha value is -3.77. The Morgan fingerprint density at radius 2 is 2.11 bits per heavy atom. The fraction of sp³-hybridized carbons (Fsp3) is 0.346. The number of aromatic nitrogens is 5. The van der Waals surface area contributed by atoms with Gasteiger partial charge in [0.05, 0.1) is 19.3 Å². The lowest BCUT2D eigenvalue weighted by Gasteiger charge is -2.43. The van der Waals surface area contributed by atoms with Gasteiger partial charge in [0.2, 0.25) is 0 Å². The number of imidazole rings is 1. The smallest absolute Gasteiger partial charge is 0.318 e. The van der Waals surface area contributed by atoms with Gasteiger partial charge in [-0.1, -0.05) is 6.07 Å². The molecule has 4 aromatic rings. The summed E-state index contributed by atoms with van der Waals surface area (Å²) in [5.74, 6) is 1.04. The fourth-order valence-corrected chi connectivity index (χ4v) is 6.17. The molecule has 3 saturated heterocycles. The molecule has 3 fully saturated rings. The van der Waals surface area contributed by atoms with Crippen molar-refractivity contribution in [2.75, 3.05) is 26.1 Å². The molecule has 196 valence electrons. The predicted octanol–water partition coefficient (Wildman–Crippen LogP) is 3.02. The Morgan fingerprint density at radius 3 is 2.74 bits per heavy atom. The van der Waals surface area contributed by atoms with Crippen molar-refractivity contribution in [3.8, 4) is 23.1 Å². The average molecular weight is 536 g/mol. The summed E-state index contributed by atoms with van der Waals surface area (Å²) in [6.07, 6.45) is 2.66. The lowest BCUT2D eigenvalue weighted by Crippen LogP contribution is -2.52. The van der Waals surface area contributed by atoms with E-state index in [0.29, 0.717) is 44.8 Å². The van der Waals surface area contributed by atoms with Crippen LogP contribution < -0.4 is 15.2 Å². The number of fused-ring (bicyclic) bond motifs is 4. The van der Waals surface area contributed by atoms with Crippen molar-refractivity contribution in [3.63, 3.8) is 0 Å². The van der Waals surface area contributed by atoms with Crippen LogP contribution >= 0.6 is 11.8 Å². The van der Waals surface area contributed by atoms with Crippen LogP contribution in [0.2, 0.25) is 0 Å². The summed E-state index contributed by atoms with van der Waals surface area (Å²) in [7, 11) is 1.49. The molecule has 2 N–H and O–H groups in total. The number of carbonyl (C=O) groups excluding carboxylic acids is 1. The number of carbonyl (C=O) groups is 1. The summed E-state index contributed by atoms with van der Waals surface area (Å²) in [5, 5.41) is 0.440. The van der Waals surface area contributed by atoms with E-state index >= 15 is 4.39 Å². The zero-order valence-electron chi connectivity index (χ0n) is 20.9. The number of hydrogen-bond acceptors (Lipinski definition) is 9. The Morgan fingerprint density at radius 1 is 1.24 bits per heavy atom. The van der Waals surface area contributed by atoms with Gasteiger partial charge in [-0.2, -0.15) is 9.97 Å². The number of methoxy groups -OCH3 is 1. The number of nitrogens with two attached hydrogens (primary N) is 1. The monoisotopic (exact) mass is 535 g/mol. The minimum atomic E-state index is -0.627. The molecule has 6 heterocycles. The molecule has 3 aliphatic heterocycles. The highest BCUT2D eigenvalue weighted by Crippen LogP contribution is 2.34. The van der Waals surface area contributed by atoms with E-state index in [0.717, 1.165) is 25.4 Å². The minimum Gasteiger partial charge on any atom is -0.488 e. The standard InChI is InChI=1S/C26H26FN7O3S/c1-14-22-25(32-26(30-14)36-2)34(24(31-22)15-4-6-19(23(28)35)29-10-15)11-16-3-5-17(9-18(16)27)37-20-12-33-8-7-21(20)38-13-33/h3-6,9-10,20-21H,7-8,11-13H2,1-2H3,(H2,28,35)/t20-,21?/m1/s1. The third kappa shape index (κ3) is 4.54. The van der Waals surface area contributed by atoms with Crippen molar-refractivity contribution in [2.24, 2.45) is 5.73 Å². The SMILES string of the molecule is COc1nc(C)c2nc(-c3ccc(C(N)=O)nc3)n(Cc3ccc(O[C@@H]4CN5CCC4SC5)cc3F)c2n1. The molecule has 0 spiro atoms. The number of nitrogens with zero attached hydrogens (tertiary/aromatic N) is 6. The number of piperidine rings is 1. The molecular formula is C26H26FN7O3S. The summed E-state index contributed by atoms with van der Waals surface area (Å²) in [6.45, 7) is 3.92. The second-order valence-electron chi connectivity index (χ2n) is 9.40. The van der Waals surface area contributed by atoms with Gasteiger partial charge in [0, 0.05) is 47.6 Å². The zero-order chi connectivity index (χ0) is 26.4. The number of aryl methyl sites for hydroxylation is 1. The van der Waals surface area contributed by atoms with Crippen molar-refractivity contribution in [3.05, 3.63) is 59.3 Å². The van der Waals surface area contributed by atoms with Gasteiger partial charge >= 0.3 is 6.01 Å². The molecule has 1 aromatic carbocycles. The first kappa shape index (κ1) is 24.6. The van der Waals surface area contributed by atoms with Gasteiger partial charge < -0.3 is 19.8 Å². The average Bonchev–Trinajstić information content (AvgIpc) is 3.29. The Kier molecular flexibility index (Phi) is 6.36. The van der Waals surface area contributed by atoms with Crippen LogP contribution in [0.1, 0.15) is 28.2 Å². The topological polar surface area (TPSA) is 121 Å². The normalized spacial score (nSPS) is 20.6. The minimum absolute atomic E-state index is 0.0555. The molecule has 38 heavy (non-hydrogen) atoms. The number of hydrogen-bond donors (Lipinski definition) is 1. The van der Waals surface area contributed by atoms with Gasteiger partial charge in [-0.3, -0.25) is 14.7 Å². The molecular weight excluding hydrogens is 509 g/mol. The molecule has 0 saturated carbocycles. The summed E-state index contributed by atoms with van der Waals surface area (Å²) < 4.78 is 28.7. The lowest BCUT2D eigenvalue weighted by molar-refractivity contribution is 0.0949. The molecule has 0 aliphatic carbocycles. The van der Waals surface area contributed by atoms with E-state index in [9.17, 15) is 4.79 Å². The van der Waals surface area contributed by atoms with Gasteiger partial charge in [0.25, 0.3) is 5.91 Å². The van der Waals surface area contributed by atoms with Crippen LogP contribution in [0.15, 0.2) is 36.5 Å². The maximum atomic E-state index is 15.4. The number of halogens is 1. The molecule has 2 unspecified atom stereocenters. The number of rotatable bonds is 7. The third-order valence-electron chi connectivity index (χ3n) is 6.90. The van der Waals surface area contributed by atoms with Crippen LogP contribution in [-0.4, -0.2) is 72.7 Å². The van der Waals surface area contributed by atoms with Crippen molar-refractivity contribution in [1.29, 1.82) is 0 Å². The van der Waals surface area contributed by atoms with Gasteiger partial charge in [-0.05, 0) is 31.5 Å². The first-order chi connectivity index (χ1) is 18.4. The first-order valence-corrected chi connectivity index (χ1v) is 13.3. The molecule has 7 rings (SSSR count). The van der Waals surface area contributed by atoms with E-state index in [1.165, 1.54) is 25.4 Å². The van der Waals surface area contributed by atoms with Crippen LogP contribution in [0.4, 0.5) is 4.39 Å². The van der Waals surface area contributed by atoms with Gasteiger partial charge in [0.15, 0.2) is 5.65 Å². The van der Waals surface area contributed by atoms with Crippen LogP contribution in [0.3, 0.4) is 0 Å². The van der Waals surface area contributed by atoms with Crippen molar-refractivity contribution in [1.82, 2.24) is 29.4 Å². The summed E-state index contributed by atoms with van der Waals surface area (Å²) in [5.41, 5.74) is 8.21. The Bertz CT molecular complexity index is 1520. The number of ether oxygens (including phenoxy) is 2. The first-order valence-electron chi connectivity index (χ1n) is 12.2. The van der Waals surface area contributed by atoms with Crippen molar-refractivity contribution >= 4 is 28.8 Å². The molecule has 10 nitrogen and oxygen atoms in total. The number of amides is 1. The highest BCUT2D eigenvalue weighted by molar-refractivity contribution is 8.00. The lowest BCUT2D eigenvalue weighted by atomic mass is 10.1. The van der Waals surface area contributed by atoms with Crippen LogP contribution in [0, 0.1) is 12.7 Å². The van der Waals surface area contributed by atoms with E-state index in [4.69, 9.17) is 20.2 Å². The van der Waals surface area contributed by atoms with Crippen LogP contribution in [0.25, 0.3) is 22.6 Å². The summed E-state index contributed by atoms with van der Waals surface area (Å²) >= 11 is 1.90. The van der Waals surface area contributed by atoms with Crippen LogP contribution in [0.5, 0.6) is 11.8 Å². The Labute approximate surface area is 222 Å². The van der Waals surface area contributed by atoms with Crippen molar-refractivity contribution in [2.45, 2.75) is 31.2 Å². The maximum Gasteiger partial charge on any atom is 0.318 e. The summed E-state index contributed by atoms with van der Waals surface area (Å²) in [6, 6.07) is 8.40.